The van der Waals surface area contributed by atoms with E-state index in [1.165, 1.54) is 29.0 Å². The number of rotatable bonds is 5. The zero-order valence-corrected chi connectivity index (χ0v) is 14.5. The molecule has 1 aromatic carbocycles. The quantitative estimate of drug-likeness (QED) is 0.537. The molecule has 3 rings (SSSR count). The third kappa shape index (κ3) is 4.19. The Balaban J connectivity index is 2.07. The average molecular weight is 358 g/mol. The van der Waals surface area contributed by atoms with Crippen LogP contribution in [0.2, 0.25) is 0 Å². The van der Waals surface area contributed by atoms with Crippen molar-refractivity contribution in [1.29, 1.82) is 0 Å². The summed E-state index contributed by atoms with van der Waals surface area (Å²) in [4.78, 5) is 20.3. The third-order valence-electron chi connectivity index (χ3n) is 3.80. The Morgan fingerprint density at radius 2 is 1.96 bits per heavy atom. The van der Waals surface area contributed by atoms with Crippen molar-refractivity contribution in [2.45, 2.75) is 0 Å². The topological polar surface area (TPSA) is 94.0 Å². The molecule has 0 fully saturated rings. The van der Waals surface area contributed by atoms with Gasteiger partial charge in [0.05, 0.1) is 0 Å². The molecule has 134 valence electrons. The van der Waals surface area contributed by atoms with Gasteiger partial charge in [-0.2, -0.15) is 0 Å². The summed E-state index contributed by atoms with van der Waals surface area (Å²) >= 11 is 0. The van der Waals surface area contributed by atoms with Gasteiger partial charge in [0.1, 0.15) is 11.5 Å². The van der Waals surface area contributed by atoms with Gasteiger partial charge in [0.15, 0.2) is 0 Å². The summed E-state index contributed by atoms with van der Waals surface area (Å²) in [6.07, 6.45) is 9.54. The lowest BCUT2D eigenvalue weighted by Gasteiger charge is -2.09. The second kappa shape index (κ2) is 7.97. The van der Waals surface area contributed by atoms with Crippen LogP contribution in [0.1, 0.15) is 11.3 Å². The summed E-state index contributed by atoms with van der Waals surface area (Å²) in [7, 11) is 0. The number of hydrogen-bond acceptors (Lipinski definition) is 5. The maximum atomic E-state index is 12.2. The van der Waals surface area contributed by atoms with E-state index in [2.05, 4.69) is 16.5 Å². The average Bonchev–Trinajstić information content (AvgIpc) is 2.68. The van der Waals surface area contributed by atoms with Gasteiger partial charge in [-0.3, -0.25) is 9.36 Å². The normalized spacial score (nSPS) is 11.6. The van der Waals surface area contributed by atoms with Crippen LogP contribution in [0.25, 0.3) is 29.2 Å². The molecule has 0 saturated carbocycles. The number of nitrogen functional groups attached to an aromatic ring is 1. The molecular formula is C21H18N4O2. The summed E-state index contributed by atoms with van der Waals surface area (Å²) in [6, 6.07) is 12.7. The van der Waals surface area contributed by atoms with Gasteiger partial charge < -0.3 is 10.8 Å². The Morgan fingerprint density at radius 3 is 2.70 bits per heavy atom. The summed E-state index contributed by atoms with van der Waals surface area (Å²) in [5, 5.41) is 10.2. The molecule has 27 heavy (non-hydrogen) atoms. The lowest BCUT2D eigenvalue weighted by molar-refractivity contribution is 0.509. The highest BCUT2D eigenvalue weighted by atomic mass is 16.3. The van der Waals surface area contributed by atoms with Crippen LogP contribution < -0.4 is 11.3 Å². The van der Waals surface area contributed by atoms with E-state index in [4.69, 9.17) is 5.73 Å². The second-order valence-corrected chi connectivity index (χ2v) is 5.67. The maximum Gasteiger partial charge on any atom is 0.254 e. The highest BCUT2D eigenvalue weighted by molar-refractivity contribution is 5.76. The maximum absolute atomic E-state index is 12.2. The Morgan fingerprint density at radius 1 is 1.19 bits per heavy atom. The fraction of sp³-hybridized carbons (Fsp3) is 0. The molecule has 0 aliphatic heterocycles. The van der Waals surface area contributed by atoms with Crippen molar-refractivity contribution in [3.05, 3.63) is 95.2 Å². The number of aliphatic hydroxyl groups is 1. The van der Waals surface area contributed by atoms with Crippen molar-refractivity contribution in [2.24, 2.45) is 0 Å². The van der Waals surface area contributed by atoms with Crippen molar-refractivity contribution < 1.29 is 5.11 Å². The minimum Gasteiger partial charge on any atom is -0.506 e. The van der Waals surface area contributed by atoms with Crippen molar-refractivity contribution in [3.8, 4) is 11.1 Å². The molecule has 0 radical (unpaired) electrons. The molecule has 0 saturated heterocycles. The van der Waals surface area contributed by atoms with Crippen LogP contribution in [-0.2, 0) is 0 Å². The summed E-state index contributed by atoms with van der Waals surface area (Å²) in [5.41, 5.74) is 7.90. The van der Waals surface area contributed by atoms with E-state index in [0.717, 1.165) is 5.56 Å². The number of allylic oxidation sites excluding steroid dienone is 2. The van der Waals surface area contributed by atoms with Crippen LogP contribution >= 0.6 is 0 Å². The molecule has 0 amide bonds. The van der Waals surface area contributed by atoms with Crippen LogP contribution in [0.3, 0.4) is 0 Å². The molecule has 0 atom stereocenters. The van der Waals surface area contributed by atoms with Crippen molar-refractivity contribution in [2.75, 3.05) is 5.73 Å². The Kier molecular flexibility index (Phi) is 5.28. The van der Waals surface area contributed by atoms with Crippen LogP contribution in [0, 0.1) is 0 Å². The van der Waals surface area contributed by atoms with Gasteiger partial charge >= 0.3 is 0 Å². The van der Waals surface area contributed by atoms with Gasteiger partial charge in [0, 0.05) is 35.8 Å². The Bertz CT molecular complexity index is 1080. The second-order valence-electron chi connectivity index (χ2n) is 5.67. The highest BCUT2D eigenvalue weighted by Crippen LogP contribution is 2.25. The minimum atomic E-state index is -0.185. The molecular weight excluding hydrogens is 340 g/mol. The van der Waals surface area contributed by atoms with Gasteiger partial charge in [-0.15, -0.1) is 0 Å². The highest BCUT2D eigenvalue weighted by Gasteiger charge is 2.13. The van der Waals surface area contributed by atoms with E-state index in [1.807, 2.05) is 36.4 Å². The third-order valence-corrected chi connectivity index (χ3v) is 3.80. The number of nitrogens with zero attached hydrogens (tertiary/aromatic N) is 3. The molecule has 6 nitrogen and oxygen atoms in total. The van der Waals surface area contributed by atoms with Crippen LogP contribution in [0.15, 0.2) is 78.4 Å². The lowest BCUT2D eigenvalue weighted by Crippen LogP contribution is -2.13. The van der Waals surface area contributed by atoms with Gasteiger partial charge in [-0.25, -0.2) is 9.97 Å². The predicted molar refractivity (Wildman–Crippen MR) is 109 cm³/mol. The number of benzene rings is 1. The van der Waals surface area contributed by atoms with Gasteiger partial charge in [0.2, 0.25) is 5.95 Å². The fourth-order valence-electron chi connectivity index (χ4n) is 2.50. The van der Waals surface area contributed by atoms with E-state index in [-0.39, 0.29) is 23.0 Å². The van der Waals surface area contributed by atoms with Gasteiger partial charge in [-0.05, 0) is 23.8 Å². The monoisotopic (exact) mass is 358 g/mol. The number of anilines is 1. The molecule has 3 N–H and O–H groups in total. The first-order valence-electron chi connectivity index (χ1n) is 8.19. The molecule has 0 aliphatic carbocycles. The van der Waals surface area contributed by atoms with Crippen molar-refractivity contribution in [1.82, 2.24) is 14.5 Å². The first-order valence-corrected chi connectivity index (χ1v) is 8.19. The van der Waals surface area contributed by atoms with Gasteiger partial charge in [0.25, 0.3) is 5.56 Å². The van der Waals surface area contributed by atoms with E-state index < -0.39 is 0 Å². The van der Waals surface area contributed by atoms with Gasteiger partial charge in [-0.1, -0.05) is 43.0 Å². The molecule has 6 heteroatoms. The largest absolute Gasteiger partial charge is 0.506 e. The predicted octanol–water partition coefficient (Wildman–Crippen LogP) is 3.60. The molecule has 0 spiro atoms. The number of aromatic nitrogens is 3. The molecule has 0 bridgehead atoms. The van der Waals surface area contributed by atoms with Crippen LogP contribution in [0.5, 0.6) is 0 Å². The molecule has 0 aliphatic rings. The first-order chi connectivity index (χ1) is 13.1. The zero-order valence-electron chi connectivity index (χ0n) is 14.5. The van der Waals surface area contributed by atoms with Crippen LogP contribution in [0.4, 0.5) is 5.95 Å². The van der Waals surface area contributed by atoms with E-state index in [9.17, 15) is 9.90 Å². The van der Waals surface area contributed by atoms with E-state index in [1.54, 1.807) is 18.5 Å². The first kappa shape index (κ1) is 17.9. The summed E-state index contributed by atoms with van der Waals surface area (Å²) < 4.78 is 1.46. The Labute approximate surface area is 156 Å². The smallest absolute Gasteiger partial charge is 0.254 e. The van der Waals surface area contributed by atoms with Crippen LogP contribution in [-0.4, -0.2) is 19.6 Å². The molecule has 3 aromatic rings. The summed E-state index contributed by atoms with van der Waals surface area (Å²) in [5.74, 6) is -0.0539. The number of pyridine rings is 1. The Hall–Kier alpha value is -3.93. The number of aliphatic hydroxyl groups excluding tert-OH is 1. The number of nitrogens with two attached hydrogens (primary N) is 1. The van der Waals surface area contributed by atoms with E-state index >= 15 is 0 Å². The standard InChI is InChI=1S/C21H18N4O2/c1-2-6-18(26)20-17(13-23-21(22)24-20)16-9-10-19(27)25(14-16)12-11-15-7-4-3-5-8-15/h2-14,26H,1H2,(H2,22,23,24)/b12-11+,18-6-. The number of hydrogen-bond donors (Lipinski definition) is 2. The minimum absolute atomic E-state index is 0.0371. The molecule has 2 aromatic heterocycles. The van der Waals surface area contributed by atoms with E-state index in [0.29, 0.717) is 11.1 Å². The SMILES string of the molecule is C=C/C=C(\O)c1nc(N)ncc1-c1ccc(=O)n(/C=C/c2ccccc2)c1. The zero-order chi connectivity index (χ0) is 19.2. The molecule has 2 heterocycles. The lowest BCUT2D eigenvalue weighted by atomic mass is 10.1. The fourth-order valence-corrected chi connectivity index (χ4v) is 2.50. The van der Waals surface area contributed by atoms with Crippen molar-refractivity contribution in [3.63, 3.8) is 0 Å². The summed E-state index contributed by atoms with van der Waals surface area (Å²) in [6.45, 7) is 3.56. The molecule has 0 unspecified atom stereocenters. The van der Waals surface area contributed by atoms with Crippen molar-refractivity contribution >= 4 is 24.0 Å².